The molecule has 0 aliphatic rings. The molecular formula is C12H20OSi. The first-order valence-electron chi connectivity index (χ1n) is 5.11. The van der Waals surface area contributed by atoms with E-state index < -0.39 is 8.07 Å². The topological polar surface area (TPSA) is 20.2 Å². The lowest BCUT2D eigenvalue weighted by Gasteiger charge is -2.18. The van der Waals surface area contributed by atoms with Gasteiger partial charge in [-0.25, -0.2) is 0 Å². The Morgan fingerprint density at radius 3 is 2.29 bits per heavy atom. The van der Waals surface area contributed by atoms with Gasteiger partial charge in [0.05, 0.1) is 6.61 Å². The quantitative estimate of drug-likeness (QED) is 0.757. The Morgan fingerprint density at radius 2 is 1.79 bits per heavy atom. The monoisotopic (exact) mass is 208 g/mol. The van der Waals surface area contributed by atoms with E-state index in [1.165, 1.54) is 11.1 Å². The third kappa shape index (κ3) is 3.27. The second-order valence-electron chi connectivity index (χ2n) is 5.17. The number of aryl methyl sites for hydroxylation is 1. The lowest BCUT2D eigenvalue weighted by atomic mass is 10.1. The summed E-state index contributed by atoms with van der Waals surface area (Å²) in [6.07, 6.45) is 0. The molecule has 0 aliphatic heterocycles. The maximum Gasteiger partial charge on any atom is 0.0684 e. The van der Waals surface area contributed by atoms with Crippen molar-refractivity contribution in [3.8, 4) is 0 Å². The lowest BCUT2D eigenvalue weighted by molar-refractivity contribution is 0.281. The molecule has 1 N–H and O–H groups in total. The molecule has 2 heteroatoms. The van der Waals surface area contributed by atoms with Crippen molar-refractivity contribution in [2.45, 2.75) is 39.2 Å². The average Bonchev–Trinajstić information content (AvgIpc) is 2.01. The van der Waals surface area contributed by atoms with Crippen LogP contribution in [0.15, 0.2) is 18.2 Å². The van der Waals surface area contributed by atoms with Crippen molar-refractivity contribution in [1.82, 2.24) is 0 Å². The van der Waals surface area contributed by atoms with Crippen molar-refractivity contribution in [3.63, 3.8) is 0 Å². The molecule has 0 bridgehead atoms. The highest BCUT2D eigenvalue weighted by atomic mass is 28.3. The van der Waals surface area contributed by atoms with Crippen molar-refractivity contribution >= 4 is 8.07 Å². The van der Waals surface area contributed by atoms with Crippen LogP contribution in [0.2, 0.25) is 19.6 Å². The molecular weight excluding hydrogens is 188 g/mol. The van der Waals surface area contributed by atoms with Gasteiger partial charge in [-0.1, -0.05) is 43.4 Å². The van der Waals surface area contributed by atoms with Crippen molar-refractivity contribution in [2.75, 3.05) is 0 Å². The van der Waals surface area contributed by atoms with Crippen molar-refractivity contribution < 1.29 is 5.11 Å². The molecule has 0 radical (unpaired) electrons. The summed E-state index contributed by atoms with van der Waals surface area (Å²) in [5.41, 5.74) is 3.72. The third-order valence-corrected chi connectivity index (χ3v) is 3.69. The van der Waals surface area contributed by atoms with Crippen LogP contribution in [0.4, 0.5) is 0 Å². The zero-order chi connectivity index (χ0) is 10.8. The lowest BCUT2D eigenvalue weighted by Crippen LogP contribution is -2.24. The first-order chi connectivity index (χ1) is 6.42. The highest BCUT2D eigenvalue weighted by Gasteiger charge is 2.15. The van der Waals surface area contributed by atoms with E-state index in [0.29, 0.717) is 0 Å². The van der Waals surface area contributed by atoms with E-state index in [-0.39, 0.29) is 6.61 Å². The Bertz CT molecular complexity index is 313. The van der Waals surface area contributed by atoms with Crippen LogP contribution < -0.4 is 0 Å². The fourth-order valence-electron chi connectivity index (χ4n) is 1.64. The minimum absolute atomic E-state index is 0.167. The molecule has 14 heavy (non-hydrogen) atoms. The van der Waals surface area contributed by atoms with E-state index in [2.05, 4.69) is 38.7 Å². The molecule has 0 aliphatic carbocycles. The van der Waals surface area contributed by atoms with Crippen LogP contribution >= 0.6 is 0 Å². The molecule has 0 unspecified atom stereocenters. The fraction of sp³-hybridized carbons (Fsp3) is 0.500. The summed E-state index contributed by atoms with van der Waals surface area (Å²) in [4.78, 5) is 0. The fourth-order valence-corrected chi connectivity index (χ4v) is 3.12. The van der Waals surface area contributed by atoms with Crippen molar-refractivity contribution in [1.29, 1.82) is 0 Å². The van der Waals surface area contributed by atoms with E-state index in [9.17, 15) is 5.11 Å². The van der Waals surface area contributed by atoms with E-state index in [0.717, 1.165) is 11.6 Å². The molecule has 1 nitrogen and oxygen atoms in total. The zero-order valence-corrected chi connectivity index (χ0v) is 10.6. The minimum atomic E-state index is -1.08. The molecule has 1 aromatic carbocycles. The molecule has 0 aromatic heterocycles. The van der Waals surface area contributed by atoms with Crippen LogP contribution in [0.3, 0.4) is 0 Å². The molecule has 1 rings (SSSR count). The molecule has 0 heterocycles. The van der Waals surface area contributed by atoms with E-state index >= 15 is 0 Å². The highest BCUT2D eigenvalue weighted by molar-refractivity contribution is 6.75. The summed E-state index contributed by atoms with van der Waals surface area (Å²) in [5.74, 6) is 0. The van der Waals surface area contributed by atoms with Gasteiger partial charge in [0.2, 0.25) is 0 Å². The van der Waals surface area contributed by atoms with Crippen LogP contribution in [0, 0.1) is 6.92 Å². The second-order valence-corrected chi connectivity index (χ2v) is 10.6. The first-order valence-corrected chi connectivity index (χ1v) is 8.82. The molecule has 0 atom stereocenters. The second kappa shape index (κ2) is 4.28. The zero-order valence-electron chi connectivity index (χ0n) is 9.59. The summed E-state index contributed by atoms with van der Waals surface area (Å²) in [6, 6.07) is 7.48. The van der Waals surface area contributed by atoms with Crippen LogP contribution in [0.25, 0.3) is 0 Å². The Kier molecular flexibility index (Phi) is 3.51. The van der Waals surface area contributed by atoms with Gasteiger partial charge in [-0.2, -0.15) is 0 Å². The average molecular weight is 208 g/mol. The minimum Gasteiger partial charge on any atom is -0.392 e. The van der Waals surface area contributed by atoms with Crippen LogP contribution in [-0.4, -0.2) is 13.2 Å². The first kappa shape index (κ1) is 11.5. The Hall–Kier alpha value is -0.603. The number of benzene rings is 1. The molecule has 0 amide bonds. The number of rotatable bonds is 3. The van der Waals surface area contributed by atoms with Gasteiger partial charge >= 0.3 is 0 Å². The van der Waals surface area contributed by atoms with Gasteiger partial charge in [0.1, 0.15) is 0 Å². The van der Waals surface area contributed by atoms with Gasteiger partial charge in [-0.3, -0.25) is 0 Å². The summed E-state index contributed by atoms with van der Waals surface area (Å²) in [7, 11) is -1.08. The standard InChI is InChI=1S/C12H20OSi/c1-10-5-6-11(8-13)12(7-10)9-14(2,3)4/h5-7,13H,8-9H2,1-4H3. The predicted molar refractivity (Wildman–Crippen MR) is 64.2 cm³/mol. The number of hydrogen-bond donors (Lipinski definition) is 1. The normalized spacial score (nSPS) is 11.8. The molecule has 78 valence electrons. The number of aliphatic hydroxyl groups is 1. The maximum absolute atomic E-state index is 9.22. The van der Waals surface area contributed by atoms with Gasteiger partial charge in [0, 0.05) is 8.07 Å². The number of hydrogen-bond acceptors (Lipinski definition) is 1. The predicted octanol–water partition coefficient (Wildman–Crippen LogP) is 2.91. The summed E-state index contributed by atoms with van der Waals surface area (Å²) in [5, 5.41) is 9.22. The molecule has 0 saturated carbocycles. The smallest absolute Gasteiger partial charge is 0.0684 e. The Labute approximate surface area is 87.8 Å². The SMILES string of the molecule is Cc1ccc(CO)c(C[Si](C)(C)C)c1. The Morgan fingerprint density at radius 1 is 1.14 bits per heavy atom. The molecule has 0 spiro atoms. The largest absolute Gasteiger partial charge is 0.392 e. The van der Waals surface area contributed by atoms with E-state index in [1.807, 2.05) is 6.07 Å². The third-order valence-electron chi connectivity index (χ3n) is 2.25. The molecule has 0 saturated heterocycles. The summed E-state index contributed by atoms with van der Waals surface area (Å²) >= 11 is 0. The Balaban J connectivity index is 2.99. The molecule has 1 aromatic rings. The van der Waals surface area contributed by atoms with E-state index in [4.69, 9.17) is 0 Å². The summed E-state index contributed by atoms with van der Waals surface area (Å²) in [6.45, 7) is 9.35. The van der Waals surface area contributed by atoms with Gasteiger partial charge in [0.25, 0.3) is 0 Å². The number of aliphatic hydroxyl groups excluding tert-OH is 1. The van der Waals surface area contributed by atoms with Crippen LogP contribution in [0.5, 0.6) is 0 Å². The van der Waals surface area contributed by atoms with Crippen molar-refractivity contribution in [2.24, 2.45) is 0 Å². The summed E-state index contributed by atoms with van der Waals surface area (Å²) < 4.78 is 0. The maximum atomic E-state index is 9.22. The van der Waals surface area contributed by atoms with Crippen LogP contribution in [0.1, 0.15) is 16.7 Å². The van der Waals surface area contributed by atoms with Gasteiger partial charge in [0.15, 0.2) is 0 Å². The van der Waals surface area contributed by atoms with E-state index in [1.54, 1.807) is 0 Å². The highest BCUT2D eigenvalue weighted by Crippen LogP contribution is 2.17. The van der Waals surface area contributed by atoms with Gasteiger partial charge in [-0.05, 0) is 24.1 Å². The van der Waals surface area contributed by atoms with Gasteiger partial charge < -0.3 is 5.11 Å². The molecule has 0 fully saturated rings. The van der Waals surface area contributed by atoms with Crippen molar-refractivity contribution in [3.05, 3.63) is 34.9 Å². The van der Waals surface area contributed by atoms with Gasteiger partial charge in [-0.15, -0.1) is 0 Å². The van der Waals surface area contributed by atoms with Crippen LogP contribution in [-0.2, 0) is 12.7 Å².